The molecular formula is C19H23N3O3S. The number of nitrogens with two attached hydrogens (primary N) is 1. The molecule has 2 aromatic carbocycles. The lowest BCUT2D eigenvalue weighted by molar-refractivity contribution is 0.415. The normalized spacial score (nSPS) is 12.0. The zero-order valence-corrected chi connectivity index (χ0v) is 16.2. The fourth-order valence-corrected chi connectivity index (χ4v) is 4.02. The molecule has 0 saturated carbocycles. The molecule has 1 heterocycles. The molecular weight excluding hydrogens is 350 g/mol. The molecule has 3 rings (SSSR count). The van der Waals surface area contributed by atoms with Crippen molar-refractivity contribution in [2.75, 3.05) is 26.9 Å². The maximum atomic E-state index is 12.3. The van der Waals surface area contributed by atoms with Gasteiger partial charge in [-0.2, -0.15) is 0 Å². The molecule has 7 heteroatoms. The second-order valence-corrected chi connectivity index (χ2v) is 8.35. The van der Waals surface area contributed by atoms with Crippen LogP contribution in [-0.2, 0) is 16.6 Å². The van der Waals surface area contributed by atoms with Crippen molar-refractivity contribution in [3.05, 3.63) is 42.5 Å². The minimum absolute atomic E-state index is 0.255. The van der Waals surface area contributed by atoms with Gasteiger partial charge in [0.15, 0.2) is 0 Å². The van der Waals surface area contributed by atoms with Crippen LogP contribution in [0.5, 0.6) is 5.75 Å². The van der Waals surface area contributed by atoms with E-state index in [-0.39, 0.29) is 4.90 Å². The number of methoxy groups -OCH3 is 1. The second kappa shape index (κ2) is 6.66. The summed E-state index contributed by atoms with van der Waals surface area (Å²) in [5.74, 6) is 0.767. The maximum Gasteiger partial charge on any atom is 0.242 e. The van der Waals surface area contributed by atoms with Crippen LogP contribution in [0.2, 0.25) is 0 Å². The molecule has 2 N–H and O–H groups in total. The van der Waals surface area contributed by atoms with E-state index in [9.17, 15) is 8.42 Å². The van der Waals surface area contributed by atoms with Crippen molar-refractivity contribution in [1.29, 1.82) is 0 Å². The molecule has 0 fully saturated rings. The summed E-state index contributed by atoms with van der Waals surface area (Å²) in [6.07, 6.45) is 0. The smallest absolute Gasteiger partial charge is 0.242 e. The largest absolute Gasteiger partial charge is 0.497 e. The Balaban J connectivity index is 2.18. The Morgan fingerprint density at radius 1 is 1.12 bits per heavy atom. The highest BCUT2D eigenvalue weighted by atomic mass is 32.2. The third-order valence-electron chi connectivity index (χ3n) is 4.53. The number of anilines is 1. The monoisotopic (exact) mass is 373 g/mol. The molecule has 138 valence electrons. The van der Waals surface area contributed by atoms with E-state index in [2.05, 4.69) is 4.57 Å². The Bertz CT molecular complexity index is 1050. The average molecular weight is 373 g/mol. The van der Waals surface area contributed by atoms with Gasteiger partial charge < -0.3 is 15.0 Å². The molecule has 0 saturated heterocycles. The molecule has 0 aliphatic carbocycles. The number of hydrogen-bond donors (Lipinski definition) is 1. The summed E-state index contributed by atoms with van der Waals surface area (Å²) in [6, 6.07) is 12.6. The van der Waals surface area contributed by atoms with Crippen LogP contribution in [0.3, 0.4) is 0 Å². The Morgan fingerprint density at radius 3 is 2.31 bits per heavy atom. The minimum atomic E-state index is -3.46. The Kier molecular flexibility index (Phi) is 4.68. The van der Waals surface area contributed by atoms with Crippen LogP contribution < -0.4 is 10.5 Å². The van der Waals surface area contributed by atoms with Gasteiger partial charge in [-0.1, -0.05) is 12.1 Å². The summed E-state index contributed by atoms with van der Waals surface area (Å²) in [7, 11) is 1.21. The van der Waals surface area contributed by atoms with Crippen LogP contribution in [0.4, 0.5) is 5.69 Å². The van der Waals surface area contributed by atoms with Crippen molar-refractivity contribution in [1.82, 2.24) is 8.87 Å². The summed E-state index contributed by atoms with van der Waals surface area (Å²) in [4.78, 5) is 0.255. The van der Waals surface area contributed by atoms with Crippen LogP contribution in [0, 0.1) is 0 Å². The number of hydrogen-bond acceptors (Lipinski definition) is 4. The highest BCUT2D eigenvalue weighted by Gasteiger charge is 2.19. The van der Waals surface area contributed by atoms with Gasteiger partial charge in [0.2, 0.25) is 10.0 Å². The zero-order chi connectivity index (χ0) is 19.1. The third kappa shape index (κ3) is 2.83. The maximum absolute atomic E-state index is 12.3. The van der Waals surface area contributed by atoms with Crippen LogP contribution >= 0.6 is 0 Å². The Morgan fingerprint density at radius 2 is 1.77 bits per heavy atom. The first-order valence-corrected chi connectivity index (χ1v) is 9.74. The van der Waals surface area contributed by atoms with E-state index in [0.29, 0.717) is 5.69 Å². The van der Waals surface area contributed by atoms with E-state index in [4.69, 9.17) is 10.5 Å². The first-order chi connectivity index (χ1) is 12.3. The van der Waals surface area contributed by atoms with Gasteiger partial charge in [-0.05, 0) is 31.2 Å². The number of benzene rings is 2. The van der Waals surface area contributed by atoms with Crippen LogP contribution in [0.1, 0.15) is 6.92 Å². The molecule has 0 atom stereocenters. The van der Waals surface area contributed by atoms with E-state index in [1.807, 2.05) is 25.1 Å². The van der Waals surface area contributed by atoms with Gasteiger partial charge >= 0.3 is 0 Å². The molecule has 6 nitrogen and oxygen atoms in total. The predicted molar refractivity (Wildman–Crippen MR) is 105 cm³/mol. The number of rotatable bonds is 5. The zero-order valence-electron chi connectivity index (χ0n) is 15.4. The van der Waals surface area contributed by atoms with Crippen LogP contribution in [-0.4, -0.2) is 38.5 Å². The van der Waals surface area contributed by atoms with Crippen molar-refractivity contribution in [2.45, 2.75) is 18.4 Å². The van der Waals surface area contributed by atoms with Gasteiger partial charge in [0.1, 0.15) is 5.75 Å². The molecule has 26 heavy (non-hydrogen) atoms. The van der Waals surface area contributed by atoms with Crippen LogP contribution in [0.25, 0.3) is 22.2 Å². The molecule has 0 radical (unpaired) electrons. The first-order valence-electron chi connectivity index (χ1n) is 8.30. The molecule has 0 unspecified atom stereocenters. The number of fused-ring (bicyclic) bond motifs is 1. The van der Waals surface area contributed by atoms with E-state index in [1.165, 1.54) is 18.4 Å². The lowest BCUT2D eigenvalue weighted by Gasteiger charge is -2.13. The standard InChI is InChI=1S/C19H23N3O3S/c1-5-22-17-12-14(25-4)8-11-16(17)18(20)19(22)13-6-9-15(10-7-13)26(23,24)21(2)3/h6-12H,5,20H2,1-4H3. The molecule has 0 amide bonds. The van der Waals surface area contributed by atoms with Crippen molar-refractivity contribution in [2.24, 2.45) is 0 Å². The number of nitrogen functional groups attached to an aromatic ring is 1. The van der Waals surface area contributed by atoms with E-state index >= 15 is 0 Å². The quantitative estimate of drug-likeness (QED) is 0.745. The molecule has 1 aromatic heterocycles. The minimum Gasteiger partial charge on any atom is -0.497 e. The van der Waals surface area contributed by atoms with Gasteiger partial charge in [0, 0.05) is 37.7 Å². The van der Waals surface area contributed by atoms with Crippen molar-refractivity contribution >= 4 is 26.6 Å². The van der Waals surface area contributed by atoms with Gasteiger partial charge in [-0.25, -0.2) is 12.7 Å². The Hall–Kier alpha value is -2.51. The van der Waals surface area contributed by atoms with Crippen LogP contribution in [0.15, 0.2) is 47.4 Å². The summed E-state index contributed by atoms with van der Waals surface area (Å²) < 4.78 is 33.2. The molecule has 0 spiro atoms. The fourth-order valence-electron chi connectivity index (χ4n) is 3.12. The predicted octanol–water partition coefficient (Wildman–Crippen LogP) is 3.17. The lowest BCUT2D eigenvalue weighted by atomic mass is 10.1. The van der Waals surface area contributed by atoms with Gasteiger partial charge in [0.25, 0.3) is 0 Å². The fraction of sp³-hybridized carbons (Fsp3) is 0.263. The first kappa shape index (κ1) is 18.3. The highest BCUT2D eigenvalue weighted by molar-refractivity contribution is 7.89. The molecule has 0 aliphatic rings. The summed E-state index contributed by atoms with van der Waals surface area (Å²) in [5, 5.41) is 0.952. The third-order valence-corrected chi connectivity index (χ3v) is 6.36. The van der Waals surface area contributed by atoms with Gasteiger partial charge in [-0.3, -0.25) is 0 Å². The SMILES string of the molecule is CCn1c(-c2ccc(S(=O)(=O)N(C)C)cc2)c(N)c2ccc(OC)cc21. The number of nitrogens with zero attached hydrogens (tertiary/aromatic N) is 2. The summed E-state index contributed by atoms with van der Waals surface area (Å²) >= 11 is 0. The second-order valence-electron chi connectivity index (χ2n) is 6.20. The van der Waals surface area contributed by atoms with Crippen molar-refractivity contribution < 1.29 is 13.2 Å². The van der Waals surface area contributed by atoms with Gasteiger partial charge in [-0.15, -0.1) is 0 Å². The number of sulfonamides is 1. The van der Waals surface area contributed by atoms with E-state index in [1.54, 1.807) is 31.4 Å². The average Bonchev–Trinajstić information content (AvgIpc) is 2.92. The highest BCUT2D eigenvalue weighted by Crippen LogP contribution is 2.37. The Labute approximate surface area is 153 Å². The molecule has 0 bridgehead atoms. The van der Waals surface area contributed by atoms with Crippen molar-refractivity contribution in [3.8, 4) is 17.0 Å². The summed E-state index contributed by atoms with van der Waals surface area (Å²) in [5.41, 5.74) is 9.84. The molecule has 0 aliphatic heterocycles. The van der Waals surface area contributed by atoms with E-state index < -0.39 is 10.0 Å². The molecule has 3 aromatic rings. The van der Waals surface area contributed by atoms with Gasteiger partial charge in [0.05, 0.1) is 28.9 Å². The van der Waals surface area contributed by atoms with Crippen molar-refractivity contribution in [3.63, 3.8) is 0 Å². The van der Waals surface area contributed by atoms with E-state index in [0.717, 1.165) is 34.5 Å². The number of ether oxygens (including phenoxy) is 1. The topological polar surface area (TPSA) is 77.6 Å². The lowest BCUT2D eigenvalue weighted by Crippen LogP contribution is -2.22. The number of aryl methyl sites for hydroxylation is 1. The number of aromatic nitrogens is 1. The summed E-state index contributed by atoms with van der Waals surface area (Å²) in [6.45, 7) is 2.78.